The van der Waals surface area contributed by atoms with Gasteiger partial charge in [0.15, 0.2) is 0 Å². The van der Waals surface area contributed by atoms with Crippen molar-refractivity contribution in [3.05, 3.63) is 57.6 Å². The van der Waals surface area contributed by atoms with Crippen LogP contribution in [-0.4, -0.2) is 32.2 Å². The molecule has 0 bridgehead atoms. The zero-order valence-corrected chi connectivity index (χ0v) is 18.8. The van der Waals surface area contributed by atoms with Crippen molar-refractivity contribution >= 4 is 40.3 Å². The number of alkyl halides is 3. The Bertz CT molecular complexity index is 1010. The average Bonchev–Trinajstić information content (AvgIpc) is 3.08. The van der Waals surface area contributed by atoms with E-state index in [0.717, 1.165) is 33.3 Å². The number of amides is 1. The van der Waals surface area contributed by atoms with Crippen LogP contribution >= 0.6 is 34.4 Å². The molecule has 2 heterocycles. The summed E-state index contributed by atoms with van der Waals surface area (Å²) in [6.07, 6.45) is -2.38. The molecule has 0 radical (unpaired) electrons. The molecule has 0 aliphatic rings. The predicted molar refractivity (Wildman–Crippen MR) is 114 cm³/mol. The number of benzene rings is 1. The zero-order valence-electron chi connectivity index (χ0n) is 15.8. The molecule has 0 aliphatic heterocycles. The monoisotopic (exact) mass is 547 g/mol. The Balaban J connectivity index is 1.86. The second-order valence-corrected chi connectivity index (χ2v) is 8.52. The Morgan fingerprint density at radius 1 is 1.17 bits per heavy atom. The molecule has 0 unspecified atom stereocenters. The first kappa shape index (κ1) is 22.5. The van der Waals surface area contributed by atoms with Crippen LogP contribution in [-0.2, 0) is 17.4 Å². The number of carbonyl (C=O) groups excluding carboxylic acids is 1. The maximum Gasteiger partial charge on any atom is 0.417 e. The van der Waals surface area contributed by atoms with Crippen LogP contribution in [0, 0.1) is 3.57 Å². The summed E-state index contributed by atoms with van der Waals surface area (Å²) in [5, 5.41) is 12.1. The van der Waals surface area contributed by atoms with Crippen molar-refractivity contribution in [3.63, 3.8) is 0 Å². The molecule has 6 nitrogen and oxygen atoms in total. The van der Waals surface area contributed by atoms with Crippen molar-refractivity contribution in [1.82, 2.24) is 25.1 Å². The van der Waals surface area contributed by atoms with Crippen LogP contribution in [0.25, 0.3) is 5.69 Å². The quantitative estimate of drug-likeness (QED) is 0.349. The highest BCUT2D eigenvalue weighted by Crippen LogP contribution is 2.32. The maximum atomic E-state index is 12.8. The minimum absolute atomic E-state index is 0.0984. The summed E-state index contributed by atoms with van der Waals surface area (Å²) in [6, 6.07) is 10.1. The van der Waals surface area contributed by atoms with Crippen molar-refractivity contribution in [2.24, 2.45) is 0 Å². The Morgan fingerprint density at radius 2 is 1.90 bits per heavy atom. The van der Waals surface area contributed by atoms with E-state index in [0.29, 0.717) is 35.4 Å². The van der Waals surface area contributed by atoms with Crippen molar-refractivity contribution in [3.8, 4) is 5.69 Å². The highest BCUT2D eigenvalue weighted by Gasteiger charge is 2.30. The summed E-state index contributed by atoms with van der Waals surface area (Å²) in [7, 11) is 0. The third-order valence-corrected chi connectivity index (χ3v) is 5.61. The van der Waals surface area contributed by atoms with Crippen LogP contribution in [0.5, 0.6) is 0 Å². The third-order valence-electron chi connectivity index (χ3n) is 4.00. The molecular formula is C19H17F3IN5OS. The molecule has 1 aromatic carbocycles. The summed E-state index contributed by atoms with van der Waals surface area (Å²) in [4.78, 5) is 14.9. The van der Waals surface area contributed by atoms with E-state index in [1.165, 1.54) is 13.0 Å². The van der Waals surface area contributed by atoms with Crippen LogP contribution in [0.15, 0.2) is 52.8 Å². The van der Waals surface area contributed by atoms with Gasteiger partial charge in [-0.05, 0) is 77.2 Å². The minimum Gasteiger partial charge on any atom is -0.356 e. The molecule has 0 aliphatic carbocycles. The van der Waals surface area contributed by atoms with Crippen LogP contribution in [0.3, 0.4) is 0 Å². The largest absolute Gasteiger partial charge is 0.417 e. The van der Waals surface area contributed by atoms with Crippen LogP contribution < -0.4 is 5.32 Å². The molecule has 0 atom stereocenters. The Morgan fingerprint density at radius 3 is 2.50 bits per heavy atom. The highest BCUT2D eigenvalue weighted by atomic mass is 127. The molecular weight excluding hydrogens is 530 g/mol. The molecule has 0 saturated heterocycles. The van der Waals surface area contributed by atoms with E-state index in [1.807, 2.05) is 28.8 Å². The number of nitrogens with one attached hydrogen (secondary N) is 1. The van der Waals surface area contributed by atoms with Crippen molar-refractivity contribution in [1.29, 1.82) is 0 Å². The molecule has 1 N–H and O–H groups in total. The first-order valence-electron chi connectivity index (χ1n) is 8.90. The van der Waals surface area contributed by atoms with Gasteiger partial charge < -0.3 is 5.32 Å². The van der Waals surface area contributed by atoms with Crippen molar-refractivity contribution < 1.29 is 18.0 Å². The van der Waals surface area contributed by atoms with E-state index in [4.69, 9.17) is 0 Å². The number of pyridine rings is 1. The number of hydrogen-bond acceptors (Lipinski definition) is 5. The molecule has 3 rings (SSSR count). The Hall–Kier alpha value is -2.15. The minimum atomic E-state index is -4.43. The van der Waals surface area contributed by atoms with Gasteiger partial charge in [0.25, 0.3) is 0 Å². The fourth-order valence-corrected chi connectivity index (χ4v) is 3.76. The summed E-state index contributed by atoms with van der Waals surface area (Å²) >= 11 is 3.34. The van der Waals surface area contributed by atoms with E-state index in [1.54, 1.807) is 0 Å². The molecule has 3 aromatic rings. The van der Waals surface area contributed by atoms with Gasteiger partial charge in [0.05, 0.1) is 5.56 Å². The summed E-state index contributed by atoms with van der Waals surface area (Å²) in [5.74, 6) is 0.592. The molecule has 0 fully saturated rings. The molecule has 2 aromatic heterocycles. The molecule has 158 valence electrons. The number of nitrogens with zero attached hydrogens (tertiary/aromatic N) is 4. The number of carbonyl (C=O) groups is 1. The van der Waals surface area contributed by atoms with Gasteiger partial charge in [-0.1, -0.05) is 0 Å². The topological polar surface area (TPSA) is 72.7 Å². The Kier molecular flexibility index (Phi) is 7.34. The summed E-state index contributed by atoms with van der Waals surface area (Å²) in [6.45, 7) is 1.97. The highest BCUT2D eigenvalue weighted by molar-refractivity contribution is 14.1. The van der Waals surface area contributed by atoms with E-state index < -0.39 is 11.7 Å². The van der Waals surface area contributed by atoms with Crippen LogP contribution in [0.2, 0.25) is 0 Å². The first-order chi connectivity index (χ1) is 14.2. The van der Waals surface area contributed by atoms with Gasteiger partial charge in [-0.25, -0.2) is 4.98 Å². The number of rotatable bonds is 7. The molecule has 1 amide bonds. The molecule has 11 heteroatoms. The van der Waals surface area contributed by atoms with E-state index in [2.05, 4.69) is 43.1 Å². The van der Waals surface area contributed by atoms with Gasteiger partial charge in [0, 0.05) is 35.3 Å². The standard InChI is InChI=1S/C19H17F3IN5OS/c1-12(29)24-10-2-3-16-26-27-18(28(16)15-7-5-14(23)6-8-15)30-17-9-4-13(11-25-17)19(20,21)22/h4-9,11H,2-3,10H2,1H3,(H,24,29). The van der Waals surface area contributed by atoms with E-state index in [-0.39, 0.29) is 5.91 Å². The second-order valence-electron chi connectivity index (χ2n) is 6.28. The number of halogens is 4. The lowest BCUT2D eigenvalue weighted by Crippen LogP contribution is -2.21. The molecule has 0 saturated carbocycles. The maximum absolute atomic E-state index is 12.8. The van der Waals surface area contributed by atoms with E-state index >= 15 is 0 Å². The smallest absolute Gasteiger partial charge is 0.356 e. The average molecular weight is 547 g/mol. The number of hydrogen-bond donors (Lipinski definition) is 1. The fraction of sp³-hybridized carbons (Fsp3) is 0.263. The van der Waals surface area contributed by atoms with Crippen LogP contribution in [0.4, 0.5) is 13.2 Å². The van der Waals surface area contributed by atoms with Gasteiger partial charge in [-0.3, -0.25) is 9.36 Å². The summed E-state index contributed by atoms with van der Waals surface area (Å²) in [5.41, 5.74) is 0.0361. The normalized spacial score (nSPS) is 11.5. The van der Waals surface area contributed by atoms with Crippen LogP contribution in [0.1, 0.15) is 24.7 Å². The molecule has 0 spiro atoms. The number of aryl methyl sites for hydroxylation is 1. The lowest BCUT2D eigenvalue weighted by Gasteiger charge is -2.11. The lowest BCUT2D eigenvalue weighted by atomic mass is 10.2. The number of aromatic nitrogens is 4. The molecule has 30 heavy (non-hydrogen) atoms. The SMILES string of the molecule is CC(=O)NCCCc1nnc(Sc2ccc(C(F)(F)F)cn2)n1-c1ccc(I)cc1. The summed E-state index contributed by atoms with van der Waals surface area (Å²) < 4.78 is 41.2. The van der Waals surface area contributed by atoms with Gasteiger partial charge in [-0.15, -0.1) is 10.2 Å². The fourth-order valence-electron chi connectivity index (χ4n) is 2.59. The zero-order chi connectivity index (χ0) is 21.7. The van der Waals surface area contributed by atoms with Gasteiger partial charge >= 0.3 is 6.18 Å². The van der Waals surface area contributed by atoms with Crippen molar-refractivity contribution in [2.45, 2.75) is 36.1 Å². The van der Waals surface area contributed by atoms with Gasteiger partial charge in [-0.2, -0.15) is 13.2 Å². The third kappa shape index (κ3) is 5.94. The predicted octanol–water partition coefficient (Wildman–Crippen LogP) is 4.51. The Labute approximate surface area is 188 Å². The van der Waals surface area contributed by atoms with Crippen molar-refractivity contribution in [2.75, 3.05) is 6.54 Å². The van der Waals surface area contributed by atoms with E-state index in [9.17, 15) is 18.0 Å². The van der Waals surface area contributed by atoms with Gasteiger partial charge in [0.2, 0.25) is 11.1 Å². The van der Waals surface area contributed by atoms with Gasteiger partial charge in [0.1, 0.15) is 10.9 Å². The second kappa shape index (κ2) is 9.77. The first-order valence-corrected chi connectivity index (χ1v) is 10.8. The lowest BCUT2D eigenvalue weighted by molar-refractivity contribution is -0.137.